The molecular weight excluding hydrogens is 298 g/mol. The first-order valence-electron chi connectivity index (χ1n) is 6.70. The summed E-state index contributed by atoms with van der Waals surface area (Å²) in [6.07, 6.45) is 0. The number of carbonyl (C=O) groups excluding carboxylic acids is 2. The molecule has 0 aliphatic carbocycles. The Hall–Kier alpha value is -3.27. The Balaban J connectivity index is 2.23. The number of nitrogens with one attached hydrogen (secondary N) is 2. The molecule has 0 radical (unpaired) electrons. The molecule has 0 spiro atoms. The van der Waals surface area contributed by atoms with Crippen molar-refractivity contribution in [1.29, 1.82) is 10.7 Å². The SMILES string of the molecule is CC(=N)C(C#N)C(=O)COC(=O)c1cc(=O)[nH]c2ccccc12. The molecule has 0 aliphatic rings. The van der Waals surface area contributed by atoms with Gasteiger partial charge in [0.1, 0.15) is 5.92 Å². The number of esters is 1. The number of benzene rings is 1. The maximum atomic E-state index is 12.1. The fraction of sp³-hybridized carbons (Fsp3) is 0.188. The summed E-state index contributed by atoms with van der Waals surface area (Å²) < 4.78 is 4.90. The third-order valence-corrected chi connectivity index (χ3v) is 3.20. The molecule has 116 valence electrons. The number of para-hydroxylation sites is 1. The Morgan fingerprint density at radius 3 is 2.74 bits per heavy atom. The van der Waals surface area contributed by atoms with Crippen LogP contribution in [0.5, 0.6) is 0 Å². The van der Waals surface area contributed by atoms with Gasteiger partial charge >= 0.3 is 5.97 Å². The van der Waals surface area contributed by atoms with Crippen molar-refractivity contribution in [2.45, 2.75) is 6.92 Å². The number of hydrogen-bond acceptors (Lipinski definition) is 6. The lowest BCUT2D eigenvalue weighted by atomic mass is 10.0. The molecular formula is C16H13N3O4. The van der Waals surface area contributed by atoms with Gasteiger partial charge in [-0.05, 0) is 13.0 Å². The van der Waals surface area contributed by atoms with E-state index in [1.807, 2.05) is 0 Å². The predicted octanol–water partition coefficient (Wildman–Crippen LogP) is 1.43. The molecule has 1 atom stereocenters. The number of ketones is 1. The normalized spacial score (nSPS) is 11.5. The molecule has 1 aromatic heterocycles. The van der Waals surface area contributed by atoms with Crippen LogP contribution in [0.1, 0.15) is 17.3 Å². The number of H-pyrrole nitrogens is 1. The summed E-state index contributed by atoms with van der Waals surface area (Å²) in [5.74, 6) is -2.75. The molecule has 1 aromatic carbocycles. The Kier molecular flexibility index (Phi) is 4.66. The van der Waals surface area contributed by atoms with E-state index in [0.29, 0.717) is 10.9 Å². The molecule has 1 unspecified atom stereocenters. The summed E-state index contributed by atoms with van der Waals surface area (Å²) in [6.45, 7) is 0.701. The Labute approximate surface area is 131 Å². The highest BCUT2D eigenvalue weighted by Crippen LogP contribution is 2.15. The molecule has 7 heteroatoms. The molecule has 7 nitrogen and oxygen atoms in total. The number of aromatic nitrogens is 1. The number of hydrogen-bond donors (Lipinski definition) is 2. The van der Waals surface area contributed by atoms with Gasteiger partial charge < -0.3 is 15.1 Å². The second-order valence-electron chi connectivity index (χ2n) is 4.88. The van der Waals surface area contributed by atoms with E-state index in [1.54, 1.807) is 30.3 Å². The van der Waals surface area contributed by atoms with Crippen LogP contribution in [0, 0.1) is 22.7 Å². The van der Waals surface area contributed by atoms with E-state index >= 15 is 0 Å². The minimum absolute atomic E-state index is 0.0391. The highest BCUT2D eigenvalue weighted by molar-refractivity contribution is 6.07. The van der Waals surface area contributed by atoms with Crippen molar-refractivity contribution < 1.29 is 14.3 Å². The number of ether oxygens (including phenoxy) is 1. The topological polar surface area (TPSA) is 124 Å². The quantitative estimate of drug-likeness (QED) is 0.638. The first kappa shape index (κ1) is 16.1. The summed E-state index contributed by atoms with van der Waals surface area (Å²) in [5.41, 5.74) is -0.0666. The van der Waals surface area contributed by atoms with Crippen molar-refractivity contribution in [2.75, 3.05) is 6.61 Å². The first-order chi connectivity index (χ1) is 10.9. The number of Topliss-reactive ketones (excluding diaryl/α,β-unsaturated/α-hetero) is 1. The van der Waals surface area contributed by atoms with Crippen LogP contribution in [-0.2, 0) is 9.53 Å². The van der Waals surface area contributed by atoms with Crippen molar-refractivity contribution in [3.63, 3.8) is 0 Å². The van der Waals surface area contributed by atoms with E-state index < -0.39 is 29.8 Å². The van der Waals surface area contributed by atoms with Crippen LogP contribution in [-0.4, -0.2) is 29.1 Å². The van der Waals surface area contributed by atoms with E-state index in [-0.39, 0.29) is 11.3 Å². The maximum absolute atomic E-state index is 12.1. The number of fused-ring (bicyclic) bond motifs is 1. The standard InChI is InChI=1S/C16H13N3O4/c1-9(18)12(7-17)14(20)8-23-16(22)11-6-15(21)19-13-5-3-2-4-10(11)13/h2-6,12,18H,8H2,1H3,(H,19,21). The molecule has 0 saturated carbocycles. The zero-order valence-corrected chi connectivity index (χ0v) is 12.3. The van der Waals surface area contributed by atoms with Crippen molar-refractivity contribution >= 4 is 28.4 Å². The highest BCUT2D eigenvalue weighted by Gasteiger charge is 2.22. The minimum Gasteiger partial charge on any atom is -0.454 e. The van der Waals surface area contributed by atoms with Crippen LogP contribution < -0.4 is 5.56 Å². The van der Waals surface area contributed by atoms with Crippen LogP contribution >= 0.6 is 0 Å². The van der Waals surface area contributed by atoms with Crippen LogP contribution in [0.25, 0.3) is 10.9 Å². The zero-order valence-electron chi connectivity index (χ0n) is 12.3. The van der Waals surface area contributed by atoms with Crippen LogP contribution in [0.4, 0.5) is 0 Å². The van der Waals surface area contributed by atoms with E-state index in [1.165, 1.54) is 6.92 Å². The van der Waals surface area contributed by atoms with E-state index in [0.717, 1.165) is 6.07 Å². The lowest BCUT2D eigenvalue weighted by Crippen LogP contribution is -2.26. The van der Waals surface area contributed by atoms with E-state index in [9.17, 15) is 14.4 Å². The molecule has 2 aromatic rings. The number of carbonyl (C=O) groups is 2. The van der Waals surface area contributed by atoms with Gasteiger partial charge in [-0.1, -0.05) is 18.2 Å². The van der Waals surface area contributed by atoms with Gasteiger partial charge in [-0.15, -0.1) is 0 Å². The molecule has 2 rings (SSSR count). The summed E-state index contributed by atoms with van der Waals surface area (Å²) >= 11 is 0. The van der Waals surface area contributed by atoms with Gasteiger partial charge in [-0.3, -0.25) is 9.59 Å². The Morgan fingerprint density at radius 1 is 1.39 bits per heavy atom. The molecule has 0 fully saturated rings. The van der Waals surface area contributed by atoms with Gasteiger partial charge in [0.2, 0.25) is 5.56 Å². The van der Waals surface area contributed by atoms with Gasteiger partial charge in [0.25, 0.3) is 0 Å². The second kappa shape index (κ2) is 6.66. The number of nitriles is 1. The number of pyridine rings is 1. The molecule has 23 heavy (non-hydrogen) atoms. The molecule has 0 amide bonds. The maximum Gasteiger partial charge on any atom is 0.339 e. The largest absolute Gasteiger partial charge is 0.454 e. The predicted molar refractivity (Wildman–Crippen MR) is 82.4 cm³/mol. The molecule has 1 heterocycles. The van der Waals surface area contributed by atoms with Gasteiger partial charge in [0, 0.05) is 22.7 Å². The lowest BCUT2D eigenvalue weighted by molar-refractivity contribution is -0.122. The van der Waals surface area contributed by atoms with E-state index in [2.05, 4.69) is 4.98 Å². The number of nitrogens with zero attached hydrogens (tertiary/aromatic N) is 1. The van der Waals surface area contributed by atoms with Crippen LogP contribution in [0.15, 0.2) is 35.1 Å². The molecule has 0 saturated heterocycles. The second-order valence-corrected chi connectivity index (χ2v) is 4.88. The highest BCUT2D eigenvalue weighted by atomic mass is 16.5. The minimum atomic E-state index is -1.24. The fourth-order valence-electron chi connectivity index (χ4n) is 2.08. The smallest absolute Gasteiger partial charge is 0.339 e. The summed E-state index contributed by atoms with van der Waals surface area (Å²) in [7, 11) is 0. The summed E-state index contributed by atoms with van der Waals surface area (Å²) in [6, 6.07) is 9.47. The third kappa shape index (κ3) is 3.49. The van der Waals surface area contributed by atoms with Gasteiger partial charge in [-0.25, -0.2) is 4.79 Å². The first-order valence-corrected chi connectivity index (χ1v) is 6.70. The van der Waals surface area contributed by atoms with Crippen molar-refractivity contribution in [3.8, 4) is 6.07 Å². The van der Waals surface area contributed by atoms with Crippen molar-refractivity contribution in [3.05, 3.63) is 46.2 Å². The number of rotatable bonds is 5. The van der Waals surface area contributed by atoms with Gasteiger partial charge in [0.15, 0.2) is 12.4 Å². The third-order valence-electron chi connectivity index (χ3n) is 3.20. The fourth-order valence-corrected chi connectivity index (χ4v) is 2.08. The Morgan fingerprint density at radius 2 is 2.09 bits per heavy atom. The summed E-state index contributed by atoms with van der Waals surface area (Å²) in [5, 5.41) is 16.7. The van der Waals surface area contributed by atoms with Gasteiger partial charge in [-0.2, -0.15) is 5.26 Å². The number of aromatic amines is 1. The molecule has 0 aliphatic heterocycles. The average Bonchev–Trinajstić information content (AvgIpc) is 2.52. The van der Waals surface area contributed by atoms with Crippen LogP contribution in [0.2, 0.25) is 0 Å². The Bertz CT molecular complexity index is 892. The van der Waals surface area contributed by atoms with E-state index in [4.69, 9.17) is 15.4 Å². The zero-order chi connectivity index (χ0) is 17.0. The molecule has 2 N–H and O–H groups in total. The van der Waals surface area contributed by atoms with Crippen LogP contribution in [0.3, 0.4) is 0 Å². The average molecular weight is 311 g/mol. The summed E-state index contributed by atoms with van der Waals surface area (Å²) in [4.78, 5) is 38.1. The molecule has 0 bridgehead atoms. The lowest BCUT2D eigenvalue weighted by Gasteiger charge is -2.09. The monoisotopic (exact) mass is 311 g/mol. The van der Waals surface area contributed by atoms with Crippen molar-refractivity contribution in [2.24, 2.45) is 5.92 Å². The van der Waals surface area contributed by atoms with Crippen molar-refractivity contribution in [1.82, 2.24) is 4.98 Å². The van der Waals surface area contributed by atoms with Gasteiger partial charge in [0.05, 0.1) is 11.6 Å².